The van der Waals surface area contributed by atoms with Crippen molar-refractivity contribution in [3.8, 4) is 0 Å². The maximum atomic E-state index is 11.7. The Morgan fingerprint density at radius 3 is 2.61 bits per heavy atom. The molecule has 6 heteroatoms. The van der Waals surface area contributed by atoms with Gasteiger partial charge in [0.2, 0.25) is 0 Å². The molecule has 1 aliphatic carbocycles. The summed E-state index contributed by atoms with van der Waals surface area (Å²) in [4.78, 5) is 24.0. The number of ether oxygens (including phenoxy) is 1. The molecule has 2 amide bonds. The first-order chi connectivity index (χ1) is 8.22. The minimum absolute atomic E-state index is 0.228. The molecule has 2 N–H and O–H groups in total. The molecule has 2 atom stereocenters. The monoisotopic (exact) mass is 256 g/mol. The number of fused-ring (bicyclic) bond motifs is 1. The molecule has 1 saturated heterocycles. The second-order valence-electron chi connectivity index (χ2n) is 6.16. The Labute approximate surface area is 106 Å². The van der Waals surface area contributed by atoms with Crippen molar-refractivity contribution in [1.82, 2.24) is 10.2 Å². The first-order valence-electron chi connectivity index (χ1n) is 6.21. The molecule has 1 heterocycles. The standard InChI is InChI=1S/C12H20N2O4/c1-11(2,3)18-9(15)13-12-4-5-14(10(16)17)7-8(12)6-12/h8H,4-7H2,1-3H3,(H,13,15)(H,16,17). The van der Waals surface area contributed by atoms with Gasteiger partial charge in [0.1, 0.15) is 5.60 Å². The van der Waals surface area contributed by atoms with E-state index in [-0.39, 0.29) is 11.5 Å². The van der Waals surface area contributed by atoms with E-state index in [1.165, 1.54) is 4.90 Å². The van der Waals surface area contributed by atoms with Crippen LogP contribution in [0.2, 0.25) is 0 Å². The molecule has 6 nitrogen and oxygen atoms in total. The van der Waals surface area contributed by atoms with Gasteiger partial charge in [-0.2, -0.15) is 0 Å². The summed E-state index contributed by atoms with van der Waals surface area (Å²) in [6.45, 7) is 6.44. The molecule has 0 aromatic heterocycles. The van der Waals surface area contributed by atoms with Crippen LogP contribution < -0.4 is 5.32 Å². The minimum Gasteiger partial charge on any atom is -0.465 e. The van der Waals surface area contributed by atoms with Gasteiger partial charge in [-0.15, -0.1) is 0 Å². The van der Waals surface area contributed by atoms with E-state index in [9.17, 15) is 9.59 Å². The number of likely N-dealkylation sites (tertiary alicyclic amines) is 1. The first kappa shape index (κ1) is 13.0. The SMILES string of the molecule is CC(C)(C)OC(=O)NC12CCN(C(=O)O)CC1C2. The van der Waals surface area contributed by atoms with Crippen molar-refractivity contribution in [3.05, 3.63) is 0 Å². The zero-order valence-corrected chi connectivity index (χ0v) is 11.0. The van der Waals surface area contributed by atoms with Gasteiger partial charge in [-0.3, -0.25) is 0 Å². The summed E-state index contributed by atoms with van der Waals surface area (Å²) in [6, 6.07) is 0. The van der Waals surface area contributed by atoms with Crippen LogP contribution in [0.4, 0.5) is 9.59 Å². The molecule has 0 radical (unpaired) electrons. The number of rotatable bonds is 1. The second-order valence-corrected chi connectivity index (χ2v) is 6.16. The normalized spacial score (nSPS) is 30.4. The van der Waals surface area contributed by atoms with Gasteiger partial charge in [0.05, 0.1) is 5.54 Å². The lowest BCUT2D eigenvalue weighted by Crippen LogP contribution is -2.49. The molecule has 2 rings (SSSR count). The molecule has 1 saturated carbocycles. The summed E-state index contributed by atoms with van der Waals surface area (Å²) in [5.74, 6) is 0.231. The van der Waals surface area contributed by atoms with Crippen LogP contribution in [-0.2, 0) is 4.74 Å². The van der Waals surface area contributed by atoms with E-state index in [1.807, 2.05) is 20.8 Å². The van der Waals surface area contributed by atoms with Crippen molar-refractivity contribution < 1.29 is 19.4 Å². The molecule has 0 spiro atoms. The molecule has 102 valence electrons. The molecule has 2 aliphatic rings. The van der Waals surface area contributed by atoms with E-state index in [2.05, 4.69) is 5.32 Å². The summed E-state index contributed by atoms with van der Waals surface area (Å²) >= 11 is 0. The van der Waals surface area contributed by atoms with Crippen LogP contribution in [0.1, 0.15) is 33.6 Å². The fourth-order valence-electron chi connectivity index (χ4n) is 2.51. The average molecular weight is 256 g/mol. The lowest BCUT2D eigenvalue weighted by Gasteiger charge is -2.31. The van der Waals surface area contributed by atoms with E-state index in [1.54, 1.807) is 0 Å². The third-order valence-electron chi connectivity index (χ3n) is 3.52. The average Bonchev–Trinajstić information content (AvgIpc) is 2.86. The fourth-order valence-corrected chi connectivity index (χ4v) is 2.51. The van der Waals surface area contributed by atoms with Crippen LogP contribution in [0, 0.1) is 5.92 Å². The molecule has 2 fully saturated rings. The number of nitrogens with zero attached hydrogens (tertiary/aromatic N) is 1. The molecule has 2 unspecified atom stereocenters. The molecular weight excluding hydrogens is 236 g/mol. The van der Waals surface area contributed by atoms with Gasteiger partial charge in [0, 0.05) is 19.0 Å². The first-order valence-corrected chi connectivity index (χ1v) is 6.21. The number of hydrogen-bond acceptors (Lipinski definition) is 3. The second kappa shape index (κ2) is 4.03. The van der Waals surface area contributed by atoms with E-state index < -0.39 is 17.8 Å². The highest BCUT2D eigenvalue weighted by molar-refractivity contribution is 5.70. The fraction of sp³-hybridized carbons (Fsp3) is 0.833. The predicted octanol–water partition coefficient (Wildman–Crippen LogP) is 1.65. The molecule has 0 aromatic carbocycles. The van der Waals surface area contributed by atoms with E-state index in [4.69, 9.17) is 9.84 Å². The number of carbonyl (C=O) groups is 2. The van der Waals surface area contributed by atoms with E-state index >= 15 is 0 Å². The third-order valence-corrected chi connectivity index (χ3v) is 3.52. The van der Waals surface area contributed by atoms with Crippen molar-refractivity contribution in [2.24, 2.45) is 5.92 Å². The van der Waals surface area contributed by atoms with Gasteiger partial charge in [-0.1, -0.05) is 0 Å². The number of piperidine rings is 1. The largest absolute Gasteiger partial charge is 0.465 e. The number of alkyl carbamates (subject to hydrolysis) is 1. The molecule has 18 heavy (non-hydrogen) atoms. The van der Waals surface area contributed by atoms with Gasteiger partial charge < -0.3 is 20.1 Å². The maximum Gasteiger partial charge on any atom is 0.408 e. The highest BCUT2D eigenvalue weighted by atomic mass is 16.6. The van der Waals surface area contributed by atoms with Crippen LogP contribution in [0.3, 0.4) is 0 Å². The number of carbonyl (C=O) groups excluding carboxylic acids is 1. The highest BCUT2D eigenvalue weighted by Crippen LogP contribution is 2.49. The molecule has 1 aliphatic heterocycles. The van der Waals surface area contributed by atoms with Gasteiger partial charge in [0.25, 0.3) is 0 Å². The van der Waals surface area contributed by atoms with E-state index in [0.29, 0.717) is 19.5 Å². The van der Waals surface area contributed by atoms with Crippen LogP contribution in [0.25, 0.3) is 0 Å². The zero-order valence-electron chi connectivity index (χ0n) is 11.0. The summed E-state index contributed by atoms with van der Waals surface area (Å²) in [5, 5.41) is 11.8. The zero-order chi connectivity index (χ0) is 13.6. The van der Waals surface area contributed by atoms with Crippen molar-refractivity contribution in [3.63, 3.8) is 0 Å². The summed E-state index contributed by atoms with van der Waals surface area (Å²) < 4.78 is 5.23. The number of amides is 2. The summed E-state index contributed by atoms with van der Waals surface area (Å²) in [7, 11) is 0. The van der Waals surface area contributed by atoms with Crippen LogP contribution in [-0.4, -0.2) is 46.4 Å². The highest BCUT2D eigenvalue weighted by Gasteiger charge is 2.58. The Bertz CT molecular complexity index is 377. The third kappa shape index (κ3) is 2.68. The topological polar surface area (TPSA) is 78.9 Å². The van der Waals surface area contributed by atoms with Crippen molar-refractivity contribution in [2.45, 2.75) is 44.8 Å². The Kier molecular flexibility index (Phi) is 2.91. The summed E-state index contributed by atoms with van der Waals surface area (Å²) in [5.41, 5.74) is -0.735. The number of nitrogens with one attached hydrogen (secondary N) is 1. The van der Waals surface area contributed by atoms with E-state index in [0.717, 1.165) is 6.42 Å². The molecular formula is C12H20N2O4. The quantitative estimate of drug-likeness (QED) is 0.747. The van der Waals surface area contributed by atoms with Crippen LogP contribution in [0.15, 0.2) is 0 Å². The van der Waals surface area contributed by atoms with Crippen molar-refractivity contribution in [2.75, 3.05) is 13.1 Å². The van der Waals surface area contributed by atoms with Crippen LogP contribution >= 0.6 is 0 Å². The Balaban J connectivity index is 1.86. The Morgan fingerprint density at radius 2 is 2.11 bits per heavy atom. The van der Waals surface area contributed by atoms with Crippen molar-refractivity contribution >= 4 is 12.2 Å². The minimum atomic E-state index is -0.882. The lowest BCUT2D eigenvalue weighted by atomic mass is 10.1. The van der Waals surface area contributed by atoms with Gasteiger partial charge in [-0.05, 0) is 33.6 Å². The lowest BCUT2D eigenvalue weighted by molar-refractivity contribution is 0.0469. The Hall–Kier alpha value is -1.46. The smallest absolute Gasteiger partial charge is 0.408 e. The predicted molar refractivity (Wildman–Crippen MR) is 64.4 cm³/mol. The van der Waals surface area contributed by atoms with Gasteiger partial charge in [0.15, 0.2) is 0 Å². The molecule has 0 bridgehead atoms. The molecule has 0 aromatic rings. The Morgan fingerprint density at radius 1 is 1.44 bits per heavy atom. The van der Waals surface area contributed by atoms with Crippen molar-refractivity contribution in [1.29, 1.82) is 0 Å². The number of carboxylic acid groups (broad SMARTS) is 1. The maximum absolute atomic E-state index is 11.7. The number of hydrogen-bond donors (Lipinski definition) is 2. The van der Waals surface area contributed by atoms with Gasteiger partial charge in [-0.25, -0.2) is 9.59 Å². The van der Waals surface area contributed by atoms with Crippen LogP contribution in [0.5, 0.6) is 0 Å². The van der Waals surface area contributed by atoms with Gasteiger partial charge >= 0.3 is 12.2 Å². The summed E-state index contributed by atoms with van der Waals surface area (Å²) in [6.07, 6.45) is 0.223.